The summed E-state index contributed by atoms with van der Waals surface area (Å²) in [4.78, 5) is 29.8. The molecule has 1 aromatic rings. The van der Waals surface area contributed by atoms with Gasteiger partial charge in [0.2, 0.25) is 0 Å². The predicted molar refractivity (Wildman–Crippen MR) is 79.5 cm³/mol. The number of pyridine rings is 1. The Balaban J connectivity index is 2.28. The molecule has 0 aromatic carbocycles. The van der Waals surface area contributed by atoms with Gasteiger partial charge >= 0.3 is 5.97 Å². The Hall–Kier alpha value is -1.91. The van der Waals surface area contributed by atoms with Gasteiger partial charge in [0.1, 0.15) is 5.69 Å². The molecule has 0 bridgehead atoms. The first-order valence-electron chi connectivity index (χ1n) is 7.45. The first-order valence-corrected chi connectivity index (χ1v) is 7.45. The van der Waals surface area contributed by atoms with Crippen molar-refractivity contribution in [2.75, 3.05) is 0 Å². The maximum Gasteiger partial charge on any atom is 0.337 e. The lowest BCUT2D eigenvalue weighted by atomic mass is 10.1. The van der Waals surface area contributed by atoms with Crippen LogP contribution in [0.3, 0.4) is 0 Å². The van der Waals surface area contributed by atoms with Crippen LogP contribution >= 0.6 is 0 Å². The first kappa shape index (κ1) is 15.5. The Morgan fingerprint density at radius 2 is 1.90 bits per heavy atom. The summed E-state index contributed by atoms with van der Waals surface area (Å²) in [5.41, 5.74) is 0.852. The molecule has 0 spiro atoms. The number of rotatable bonds is 4. The van der Waals surface area contributed by atoms with Crippen molar-refractivity contribution in [2.24, 2.45) is 0 Å². The van der Waals surface area contributed by atoms with Crippen LogP contribution in [0.2, 0.25) is 0 Å². The minimum atomic E-state index is -1.02. The monoisotopic (exact) mass is 290 g/mol. The number of carbonyl (C=O) groups is 2. The van der Waals surface area contributed by atoms with Crippen molar-refractivity contribution in [1.29, 1.82) is 0 Å². The molecule has 5 heteroatoms. The lowest BCUT2D eigenvalue weighted by Gasteiger charge is -2.32. The first-order chi connectivity index (χ1) is 9.91. The molecule has 114 valence electrons. The second-order valence-corrected chi connectivity index (χ2v) is 5.88. The van der Waals surface area contributed by atoms with Gasteiger partial charge in [-0.15, -0.1) is 0 Å². The van der Waals surface area contributed by atoms with Crippen LogP contribution in [0.15, 0.2) is 12.1 Å². The normalized spacial score (nSPS) is 15.4. The molecule has 1 aliphatic rings. The fraction of sp³-hybridized carbons (Fsp3) is 0.562. The third-order valence-corrected chi connectivity index (χ3v) is 4.04. The van der Waals surface area contributed by atoms with E-state index in [2.05, 4.69) is 4.98 Å². The van der Waals surface area contributed by atoms with Gasteiger partial charge < -0.3 is 10.0 Å². The number of carboxylic acids is 1. The van der Waals surface area contributed by atoms with E-state index >= 15 is 0 Å². The maximum absolute atomic E-state index is 12.7. The van der Waals surface area contributed by atoms with E-state index in [1.807, 2.05) is 18.7 Å². The van der Waals surface area contributed by atoms with Crippen molar-refractivity contribution in [2.45, 2.75) is 58.5 Å². The number of nitrogens with zero attached hydrogens (tertiary/aromatic N) is 2. The van der Waals surface area contributed by atoms with Gasteiger partial charge in [-0.05, 0) is 45.7 Å². The van der Waals surface area contributed by atoms with Crippen molar-refractivity contribution in [3.63, 3.8) is 0 Å². The van der Waals surface area contributed by atoms with Crippen molar-refractivity contribution in [3.05, 3.63) is 29.1 Å². The van der Waals surface area contributed by atoms with Gasteiger partial charge in [-0.3, -0.25) is 4.79 Å². The van der Waals surface area contributed by atoms with Gasteiger partial charge in [-0.2, -0.15) is 0 Å². The summed E-state index contributed by atoms with van der Waals surface area (Å²) in [6, 6.07) is 3.37. The minimum Gasteiger partial charge on any atom is -0.478 e. The molecule has 0 atom stereocenters. The summed E-state index contributed by atoms with van der Waals surface area (Å²) in [5, 5.41) is 9.03. The van der Waals surface area contributed by atoms with E-state index in [0.29, 0.717) is 11.4 Å². The van der Waals surface area contributed by atoms with Gasteiger partial charge in [-0.1, -0.05) is 12.8 Å². The Morgan fingerprint density at radius 1 is 1.29 bits per heavy atom. The highest BCUT2D eigenvalue weighted by Gasteiger charge is 2.30. The number of aryl methyl sites for hydroxylation is 1. The molecule has 5 nitrogen and oxygen atoms in total. The number of carboxylic acid groups (broad SMARTS) is 1. The molecular formula is C16H22N2O3. The van der Waals surface area contributed by atoms with Gasteiger partial charge in [0, 0.05) is 12.1 Å². The summed E-state index contributed by atoms with van der Waals surface area (Å²) in [7, 11) is 0. The van der Waals surface area contributed by atoms with Gasteiger partial charge in [0.05, 0.1) is 11.3 Å². The molecule has 21 heavy (non-hydrogen) atoms. The molecule has 0 radical (unpaired) electrons. The standard InChI is InChI=1S/C16H22N2O3/c1-10(2)18(12-6-4-5-7-12)15(19)14-9-8-13(16(20)21)11(3)17-14/h8-10,12H,4-7H2,1-3H3,(H,20,21). The zero-order valence-corrected chi connectivity index (χ0v) is 12.8. The summed E-state index contributed by atoms with van der Waals surface area (Å²) >= 11 is 0. The molecule has 1 aromatic heterocycles. The summed E-state index contributed by atoms with van der Waals surface area (Å²) in [6.45, 7) is 5.64. The lowest BCUT2D eigenvalue weighted by Crippen LogP contribution is -2.44. The third kappa shape index (κ3) is 3.23. The zero-order chi connectivity index (χ0) is 15.6. The second kappa shape index (κ2) is 6.24. The van der Waals surface area contributed by atoms with E-state index in [9.17, 15) is 9.59 Å². The van der Waals surface area contributed by atoms with Crippen molar-refractivity contribution in [1.82, 2.24) is 9.88 Å². The third-order valence-electron chi connectivity index (χ3n) is 4.04. The number of hydrogen-bond acceptors (Lipinski definition) is 3. The van der Waals surface area contributed by atoms with Gasteiger partial charge in [-0.25, -0.2) is 9.78 Å². The number of amides is 1. The van der Waals surface area contributed by atoms with Crippen LogP contribution < -0.4 is 0 Å². The molecule has 1 aliphatic carbocycles. The van der Waals surface area contributed by atoms with Crippen LogP contribution in [0.5, 0.6) is 0 Å². The predicted octanol–water partition coefficient (Wildman–Crippen LogP) is 2.88. The molecule has 1 amide bonds. The Labute approximate surface area is 125 Å². The Morgan fingerprint density at radius 3 is 2.38 bits per heavy atom. The minimum absolute atomic E-state index is 0.100. The molecule has 0 aliphatic heterocycles. The van der Waals surface area contributed by atoms with Gasteiger partial charge in [0.25, 0.3) is 5.91 Å². The summed E-state index contributed by atoms with van der Waals surface area (Å²) in [6.07, 6.45) is 4.39. The molecule has 1 saturated carbocycles. The molecule has 1 N–H and O–H groups in total. The average molecular weight is 290 g/mol. The van der Waals surface area contributed by atoms with Crippen molar-refractivity contribution >= 4 is 11.9 Å². The summed E-state index contributed by atoms with van der Waals surface area (Å²) < 4.78 is 0. The second-order valence-electron chi connectivity index (χ2n) is 5.88. The lowest BCUT2D eigenvalue weighted by molar-refractivity contribution is 0.0604. The Kier molecular flexibility index (Phi) is 4.60. The molecule has 1 heterocycles. The van der Waals surface area contributed by atoms with E-state index in [-0.39, 0.29) is 23.6 Å². The molecule has 1 fully saturated rings. The molecular weight excluding hydrogens is 268 g/mol. The summed E-state index contributed by atoms with van der Waals surface area (Å²) in [5.74, 6) is -1.12. The van der Waals surface area contributed by atoms with Crippen molar-refractivity contribution in [3.8, 4) is 0 Å². The highest BCUT2D eigenvalue weighted by molar-refractivity contribution is 5.94. The highest BCUT2D eigenvalue weighted by atomic mass is 16.4. The quantitative estimate of drug-likeness (QED) is 0.925. The van der Waals surface area contributed by atoms with Crippen LogP contribution in [-0.2, 0) is 0 Å². The average Bonchev–Trinajstić information content (AvgIpc) is 2.91. The zero-order valence-electron chi connectivity index (χ0n) is 12.8. The van der Waals surface area contributed by atoms with E-state index < -0.39 is 5.97 Å². The van der Waals surface area contributed by atoms with Crippen LogP contribution in [0.25, 0.3) is 0 Å². The molecule has 0 unspecified atom stereocenters. The highest BCUT2D eigenvalue weighted by Crippen LogP contribution is 2.26. The number of aromatic carboxylic acids is 1. The van der Waals surface area contributed by atoms with Gasteiger partial charge in [0.15, 0.2) is 0 Å². The van der Waals surface area contributed by atoms with E-state index in [4.69, 9.17) is 5.11 Å². The fourth-order valence-electron chi connectivity index (χ4n) is 3.04. The van der Waals surface area contributed by atoms with Crippen LogP contribution in [-0.4, -0.2) is 39.0 Å². The van der Waals surface area contributed by atoms with Crippen LogP contribution in [0, 0.1) is 6.92 Å². The maximum atomic E-state index is 12.7. The van der Waals surface area contributed by atoms with E-state index in [0.717, 1.165) is 25.7 Å². The number of aromatic nitrogens is 1. The van der Waals surface area contributed by atoms with Crippen molar-refractivity contribution < 1.29 is 14.7 Å². The van der Waals surface area contributed by atoms with E-state index in [1.54, 1.807) is 6.92 Å². The molecule has 0 saturated heterocycles. The van der Waals surface area contributed by atoms with Crippen LogP contribution in [0.4, 0.5) is 0 Å². The van der Waals surface area contributed by atoms with E-state index in [1.165, 1.54) is 12.1 Å². The SMILES string of the molecule is Cc1nc(C(=O)N(C(C)C)C2CCCC2)ccc1C(=O)O. The molecule has 2 rings (SSSR count). The number of carbonyl (C=O) groups excluding carboxylic acids is 1. The largest absolute Gasteiger partial charge is 0.478 e. The topological polar surface area (TPSA) is 70.5 Å². The Bertz CT molecular complexity index is 548. The number of hydrogen-bond donors (Lipinski definition) is 1. The smallest absolute Gasteiger partial charge is 0.337 e. The fourth-order valence-corrected chi connectivity index (χ4v) is 3.04. The van der Waals surface area contributed by atoms with Crippen LogP contribution in [0.1, 0.15) is 66.1 Å².